The molecule has 1 N–H and O–H groups in total. The van der Waals surface area contributed by atoms with Gasteiger partial charge in [0, 0.05) is 5.69 Å². The highest BCUT2D eigenvalue weighted by molar-refractivity contribution is 7.71. The summed E-state index contributed by atoms with van der Waals surface area (Å²) in [6, 6.07) is 15.2. The Bertz CT molecular complexity index is 961. The molecule has 0 bridgehead atoms. The lowest BCUT2D eigenvalue weighted by Crippen LogP contribution is -2.20. The summed E-state index contributed by atoms with van der Waals surface area (Å²) in [5.41, 5.74) is 2.89. The third kappa shape index (κ3) is 4.58. The van der Waals surface area contributed by atoms with E-state index in [2.05, 4.69) is 10.4 Å². The van der Waals surface area contributed by atoms with E-state index in [1.807, 2.05) is 62.4 Å². The second-order valence-electron chi connectivity index (χ2n) is 5.88. The summed E-state index contributed by atoms with van der Waals surface area (Å²) in [6.07, 6.45) is 0. The molecule has 7 heteroatoms. The highest BCUT2D eigenvalue weighted by atomic mass is 32.1. The zero-order valence-electron chi connectivity index (χ0n) is 14.6. The van der Waals surface area contributed by atoms with E-state index in [1.54, 1.807) is 0 Å². The molecule has 0 aliphatic rings. The van der Waals surface area contributed by atoms with Crippen LogP contribution in [0.1, 0.15) is 17.0 Å². The fraction of sp³-hybridized carbons (Fsp3) is 0.211. The molecule has 2 aromatic carbocycles. The van der Waals surface area contributed by atoms with Gasteiger partial charge in [-0.05, 0) is 49.8 Å². The molecule has 0 aliphatic heterocycles. The summed E-state index contributed by atoms with van der Waals surface area (Å²) in [6.45, 7) is 4.05. The van der Waals surface area contributed by atoms with Gasteiger partial charge in [0.2, 0.25) is 5.91 Å². The zero-order valence-corrected chi connectivity index (χ0v) is 15.4. The standard InChI is InChI=1S/C19H19N3O3S/c1-13-7-9-15(10-8-13)24-12-18-21-22(19(26)25-18)11-17(23)20-16-6-4-3-5-14(16)2/h3-10H,11-12H2,1-2H3,(H,20,23). The lowest BCUT2D eigenvalue weighted by molar-refractivity contribution is -0.117. The molecule has 0 unspecified atom stereocenters. The molecule has 0 saturated carbocycles. The van der Waals surface area contributed by atoms with E-state index in [-0.39, 0.29) is 23.9 Å². The molecule has 1 amide bonds. The van der Waals surface area contributed by atoms with Gasteiger partial charge in [0.05, 0.1) is 0 Å². The molecule has 134 valence electrons. The van der Waals surface area contributed by atoms with Crippen molar-refractivity contribution in [1.82, 2.24) is 9.78 Å². The number of aromatic nitrogens is 2. The smallest absolute Gasteiger partial charge is 0.287 e. The number of para-hydroxylation sites is 1. The summed E-state index contributed by atoms with van der Waals surface area (Å²) in [5, 5.41) is 7.05. The second-order valence-corrected chi connectivity index (χ2v) is 6.23. The predicted molar refractivity (Wildman–Crippen MR) is 101 cm³/mol. The van der Waals surface area contributed by atoms with Gasteiger partial charge in [-0.2, -0.15) is 0 Å². The highest BCUT2D eigenvalue weighted by Crippen LogP contribution is 2.14. The Morgan fingerprint density at radius 1 is 1.19 bits per heavy atom. The number of carbonyl (C=O) groups excluding carboxylic acids is 1. The van der Waals surface area contributed by atoms with Gasteiger partial charge >= 0.3 is 0 Å². The van der Waals surface area contributed by atoms with Crippen LogP contribution < -0.4 is 10.1 Å². The van der Waals surface area contributed by atoms with Crippen molar-refractivity contribution < 1.29 is 13.9 Å². The van der Waals surface area contributed by atoms with Gasteiger partial charge in [-0.25, -0.2) is 4.68 Å². The minimum Gasteiger partial charge on any atom is -0.484 e. The Morgan fingerprint density at radius 3 is 2.65 bits per heavy atom. The molecule has 0 spiro atoms. The van der Waals surface area contributed by atoms with Crippen molar-refractivity contribution in [3.05, 3.63) is 70.4 Å². The first-order chi connectivity index (χ1) is 12.5. The van der Waals surface area contributed by atoms with Gasteiger partial charge in [-0.15, -0.1) is 5.10 Å². The summed E-state index contributed by atoms with van der Waals surface area (Å²) in [5.74, 6) is 0.803. The van der Waals surface area contributed by atoms with Crippen molar-refractivity contribution in [2.24, 2.45) is 0 Å². The van der Waals surface area contributed by atoms with Crippen molar-refractivity contribution in [2.45, 2.75) is 27.0 Å². The normalized spacial score (nSPS) is 10.5. The third-order valence-electron chi connectivity index (χ3n) is 3.74. The topological polar surface area (TPSA) is 69.3 Å². The molecule has 6 nitrogen and oxygen atoms in total. The first kappa shape index (κ1) is 17.9. The number of nitrogens with zero attached hydrogens (tertiary/aromatic N) is 2. The summed E-state index contributed by atoms with van der Waals surface area (Å²) >= 11 is 5.13. The predicted octanol–water partition coefficient (Wildman–Crippen LogP) is 4.04. The molecule has 0 atom stereocenters. The maximum Gasteiger partial charge on any atom is 0.287 e. The quantitative estimate of drug-likeness (QED) is 0.664. The minimum absolute atomic E-state index is 0.0266. The molecule has 1 aromatic heterocycles. The maximum atomic E-state index is 12.2. The van der Waals surface area contributed by atoms with E-state index in [0.29, 0.717) is 11.6 Å². The fourth-order valence-electron chi connectivity index (χ4n) is 2.33. The molecule has 0 saturated heterocycles. The van der Waals surface area contributed by atoms with Gasteiger partial charge in [-0.1, -0.05) is 35.9 Å². The largest absolute Gasteiger partial charge is 0.484 e. The van der Waals surface area contributed by atoms with Gasteiger partial charge in [0.1, 0.15) is 12.3 Å². The van der Waals surface area contributed by atoms with Crippen molar-refractivity contribution >= 4 is 23.8 Å². The molecule has 0 aliphatic carbocycles. The minimum atomic E-state index is -0.227. The van der Waals surface area contributed by atoms with Crippen LogP contribution in [0.15, 0.2) is 52.9 Å². The summed E-state index contributed by atoms with van der Waals surface area (Å²) < 4.78 is 12.4. The maximum absolute atomic E-state index is 12.2. The van der Waals surface area contributed by atoms with Crippen LogP contribution in [-0.4, -0.2) is 15.7 Å². The number of carbonyl (C=O) groups is 1. The van der Waals surface area contributed by atoms with E-state index in [1.165, 1.54) is 4.68 Å². The zero-order chi connectivity index (χ0) is 18.5. The second kappa shape index (κ2) is 7.97. The van der Waals surface area contributed by atoms with Crippen molar-refractivity contribution in [1.29, 1.82) is 0 Å². The Balaban J connectivity index is 1.61. The molecular weight excluding hydrogens is 350 g/mol. The molecule has 0 radical (unpaired) electrons. The van der Waals surface area contributed by atoms with Gasteiger partial charge in [-0.3, -0.25) is 4.79 Å². The van der Waals surface area contributed by atoms with Crippen molar-refractivity contribution in [3.63, 3.8) is 0 Å². The SMILES string of the molecule is Cc1ccc(OCc2nn(CC(=O)Nc3ccccc3C)c(=S)o2)cc1. The van der Waals surface area contributed by atoms with Gasteiger partial charge < -0.3 is 14.5 Å². The van der Waals surface area contributed by atoms with E-state index in [9.17, 15) is 4.79 Å². The van der Waals surface area contributed by atoms with Crippen LogP contribution >= 0.6 is 12.2 Å². The van der Waals surface area contributed by atoms with Crippen LogP contribution in [0.25, 0.3) is 0 Å². The number of amides is 1. The molecule has 26 heavy (non-hydrogen) atoms. The number of hydrogen-bond acceptors (Lipinski definition) is 5. The monoisotopic (exact) mass is 369 g/mol. The Morgan fingerprint density at radius 2 is 1.92 bits per heavy atom. The molecule has 3 aromatic rings. The molecular formula is C19H19N3O3S. The summed E-state index contributed by atoms with van der Waals surface area (Å²) in [7, 11) is 0. The lowest BCUT2D eigenvalue weighted by Gasteiger charge is -2.07. The van der Waals surface area contributed by atoms with Gasteiger partial charge in [0.15, 0.2) is 6.61 Å². The van der Waals surface area contributed by atoms with E-state index < -0.39 is 0 Å². The number of nitrogens with one attached hydrogen (secondary N) is 1. The van der Waals surface area contributed by atoms with Crippen LogP contribution in [0.5, 0.6) is 5.75 Å². The molecule has 1 heterocycles. The first-order valence-corrected chi connectivity index (χ1v) is 8.54. The van der Waals surface area contributed by atoms with Gasteiger partial charge in [0.25, 0.3) is 10.7 Å². The van der Waals surface area contributed by atoms with Crippen LogP contribution in [-0.2, 0) is 17.9 Å². The number of anilines is 1. The van der Waals surface area contributed by atoms with E-state index in [0.717, 1.165) is 16.8 Å². The molecule has 3 rings (SSSR count). The van der Waals surface area contributed by atoms with Crippen LogP contribution in [0.2, 0.25) is 0 Å². The average Bonchev–Trinajstić information content (AvgIpc) is 2.96. The first-order valence-electron chi connectivity index (χ1n) is 8.13. The fourth-order valence-corrected chi connectivity index (χ4v) is 2.53. The number of benzene rings is 2. The van der Waals surface area contributed by atoms with Crippen molar-refractivity contribution in [2.75, 3.05) is 5.32 Å². The van der Waals surface area contributed by atoms with E-state index >= 15 is 0 Å². The third-order valence-corrected chi connectivity index (χ3v) is 4.04. The number of hydrogen-bond donors (Lipinski definition) is 1. The van der Waals surface area contributed by atoms with Crippen molar-refractivity contribution in [3.8, 4) is 5.75 Å². The lowest BCUT2D eigenvalue weighted by atomic mass is 10.2. The Hall–Kier alpha value is -2.93. The van der Waals surface area contributed by atoms with Crippen LogP contribution in [0.4, 0.5) is 5.69 Å². The Kier molecular flexibility index (Phi) is 5.48. The number of aryl methyl sites for hydroxylation is 2. The molecule has 0 fully saturated rings. The van der Waals surface area contributed by atoms with E-state index in [4.69, 9.17) is 21.4 Å². The average molecular weight is 369 g/mol. The number of ether oxygens (including phenoxy) is 1. The van der Waals surface area contributed by atoms with Crippen LogP contribution in [0, 0.1) is 18.7 Å². The number of rotatable bonds is 6. The highest BCUT2D eigenvalue weighted by Gasteiger charge is 2.11. The van der Waals surface area contributed by atoms with Crippen LogP contribution in [0.3, 0.4) is 0 Å². The summed E-state index contributed by atoms with van der Waals surface area (Å²) in [4.78, 5) is 12.3. The Labute approximate surface area is 156 Å².